The van der Waals surface area contributed by atoms with Gasteiger partial charge in [0, 0.05) is 55.1 Å². The molecule has 0 bridgehead atoms. The number of halogens is 1. The van der Waals surface area contributed by atoms with Crippen molar-refractivity contribution in [1.82, 2.24) is 20.2 Å². The van der Waals surface area contributed by atoms with Gasteiger partial charge in [-0.25, -0.2) is 9.37 Å². The van der Waals surface area contributed by atoms with Crippen LogP contribution in [0.1, 0.15) is 39.7 Å². The summed E-state index contributed by atoms with van der Waals surface area (Å²) in [4.78, 5) is 11.4. The zero-order chi connectivity index (χ0) is 26.6. The fourth-order valence-electron chi connectivity index (χ4n) is 3.99. The number of hydrogen-bond acceptors (Lipinski definition) is 7. The largest absolute Gasteiger partial charge is 0.390 e. The van der Waals surface area contributed by atoms with E-state index in [0.29, 0.717) is 5.92 Å². The summed E-state index contributed by atoms with van der Waals surface area (Å²) in [5.74, 6) is 1.21. The lowest BCUT2D eigenvalue weighted by Crippen LogP contribution is -2.49. The summed E-state index contributed by atoms with van der Waals surface area (Å²) in [6.07, 6.45) is 14.4. The fraction of sp³-hybridized carbons (Fsp3) is 0.414. The van der Waals surface area contributed by atoms with Gasteiger partial charge in [0.25, 0.3) is 0 Å². The Kier molecular flexibility index (Phi) is 10.8. The molecule has 7 nitrogen and oxygen atoms in total. The molecule has 0 amide bonds. The highest BCUT2D eigenvalue weighted by Gasteiger charge is 2.24. The van der Waals surface area contributed by atoms with E-state index < -0.39 is 6.67 Å². The Morgan fingerprint density at radius 1 is 1.30 bits per heavy atom. The summed E-state index contributed by atoms with van der Waals surface area (Å²) in [5, 5.41) is 14.5. The number of fused-ring (bicyclic) bond motifs is 1. The molecule has 3 N–H and O–H groups in total. The molecule has 1 fully saturated rings. The van der Waals surface area contributed by atoms with Crippen molar-refractivity contribution in [2.75, 3.05) is 38.2 Å². The monoisotopic (exact) mass is 506 g/mol. The standard InChI is InChI=1S/C29H39FN6O/c1-5-23(21(2)3)14-22(4)34-29-9-8-27-28(35-29)15-24(18-33-27)25(16-31)17-32-11-6-7-12-36-19-26(20-36)37-13-10-30/h5,7-9,12,14-18,21,26,31-32H,6,10-11,13,19-20H2,1-4H3,(H,34,35)/b12-7-,22-14+,23-5+,25-17+,31-16?. The van der Waals surface area contributed by atoms with Crippen LogP contribution in [0, 0.1) is 11.3 Å². The smallest absolute Gasteiger partial charge is 0.130 e. The number of anilines is 1. The lowest BCUT2D eigenvalue weighted by molar-refractivity contribution is -0.0382. The van der Waals surface area contributed by atoms with Crippen molar-refractivity contribution in [3.63, 3.8) is 0 Å². The maximum atomic E-state index is 12.1. The van der Waals surface area contributed by atoms with Gasteiger partial charge >= 0.3 is 0 Å². The third-order valence-electron chi connectivity index (χ3n) is 6.07. The van der Waals surface area contributed by atoms with Crippen LogP contribution >= 0.6 is 0 Å². The minimum absolute atomic E-state index is 0.143. The zero-order valence-electron chi connectivity index (χ0n) is 22.3. The van der Waals surface area contributed by atoms with Crippen molar-refractivity contribution in [1.29, 1.82) is 5.41 Å². The highest BCUT2D eigenvalue weighted by molar-refractivity contribution is 6.08. The number of pyridine rings is 2. The third-order valence-corrected chi connectivity index (χ3v) is 6.07. The summed E-state index contributed by atoms with van der Waals surface area (Å²) in [5.41, 5.74) is 5.43. The molecule has 0 aliphatic carbocycles. The van der Waals surface area contributed by atoms with Gasteiger partial charge in [-0.2, -0.15) is 0 Å². The summed E-state index contributed by atoms with van der Waals surface area (Å²) in [7, 11) is 0. The maximum absolute atomic E-state index is 12.1. The number of hydrogen-bond donors (Lipinski definition) is 3. The van der Waals surface area contributed by atoms with E-state index in [1.807, 2.05) is 31.3 Å². The molecule has 1 aliphatic rings. The molecule has 1 saturated heterocycles. The van der Waals surface area contributed by atoms with Crippen molar-refractivity contribution in [3.05, 3.63) is 71.9 Å². The van der Waals surface area contributed by atoms with E-state index in [1.165, 1.54) is 11.8 Å². The minimum atomic E-state index is -0.430. The second kappa shape index (κ2) is 14.3. The van der Waals surface area contributed by atoms with Gasteiger partial charge in [0.15, 0.2) is 0 Å². The fourth-order valence-corrected chi connectivity index (χ4v) is 3.99. The number of aromatic nitrogens is 2. The molecule has 0 atom stereocenters. The molecule has 8 heteroatoms. The summed E-state index contributed by atoms with van der Waals surface area (Å²) in [6, 6.07) is 5.84. The first kappa shape index (κ1) is 28.1. The topological polar surface area (TPSA) is 86.2 Å². The van der Waals surface area contributed by atoms with Crippen LogP contribution in [0.15, 0.2) is 66.3 Å². The quantitative estimate of drug-likeness (QED) is 0.173. The van der Waals surface area contributed by atoms with E-state index >= 15 is 0 Å². The minimum Gasteiger partial charge on any atom is -0.390 e. The Morgan fingerprint density at radius 2 is 2.11 bits per heavy atom. The van der Waals surface area contributed by atoms with Crippen molar-refractivity contribution < 1.29 is 9.13 Å². The number of likely N-dealkylation sites (tertiary alicyclic amines) is 1. The number of alkyl halides is 1. The van der Waals surface area contributed by atoms with Crippen LogP contribution in [0.2, 0.25) is 0 Å². The lowest BCUT2D eigenvalue weighted by atomic mass is 10.0. The predicted octanol–water partition coefficient (Wildman–Crippen LogP) is 5.70. The molecular weight excluding hydrogens is 467 g/mol. The average molecular weight is 507 g/mol. The average Bonchev–Trinajstić information content (AvgIpc) is 2.86. The molecule has 3 heterocycles. The number of nitrogens with zero attached hydrogens (tertiary/aromatic N) is 3. The number of allylic oxidation sites excluding steroid dienone is 5. The first-order valence-corrected chi connectivity index (χ1v) is 12.8. The third kappa shape index (κ3) is 8.53. The molecule has 2 aromatic heterocycles. The van der Waals surface area contributed by atoms with Crippen LogP contribution < -0.4 is 10.6 Å². The van der Waals surface area contributed by atoms with Gasteiger partial charge < -0.3 is 25.7 Å². The van der Waals surface area contributed by atoms with Gasteiger partial charge in [0.1, 0.15) is 12.5 Å². The molecule has 0 spiro atoms. The van der Waals surface area contributed by atoms with E-state index in [9.17, 15) is 4.39 Å². The van der Waals surface area contributed by atoms with Crippen molar-refractivity contribution in [2.45, 2.75) is 40.2 Å². The van der Waals surface area contributed by atoms with Crippen LogP contribution in [-0.4, -0.2) is 60.1 Å². The van der Waals surface area contributed by atoms with Crippen LogP contribution in [0.5, 0.6) is 0 Å². The second-order valence-electron chi connectivity index (χ2n) is 9.36. The normalized spacial score (nSPS) is 15.5. The van der Waals surface area contributed by atoms with Gasteiger partial charge in [0.2, 0.25) is 0 Å². The van der Waals surface area contributed by atoms with Gasteiger partial charge in [-0.1, -0.05) is 26.0 Å². The Balaban J connectivity index is 1.56. The molecule has 0 unspecified atom stereocenters. The molecule has 2 aromatic rings. The number of rotatable bonds is 14. The molecule has 1 aliphatic heterocycles. The number of ether oxygens (including phenoxy) is 1. The van der Waals surface area contributed by atoms with Gasteiger partial charge in [0.05, 0.1) is 23.7 Å². The highest BCUT2D eigenvalue weighted by atomic mass is 19.1. The van der Waals surface area contributed by atoms with Crippen LogP contribution in [0.25, 0.3) is 16.6 Å². The number of nitrogens with one attached hydrogen (secondary N) is 3. The molecule has 198 valence electrons. The molecular formula is C29H39FN6O. The van der Waals surface area contributed by atoms with Gasteiger partial charge in [-0.3, -0.25) is 4.98 Å². The molecule has 37 heavy (non-hydrogen) atoms. The highest BCUT2D eigenvalue weighted by Crippen LogP contribution is 2.20. The van der Waals surface area contributed by atoms with Gasteiger partial charge in [-0.05, 0) is 62.2 Å². The Bertz CT molecular complexity index is 1160. The first-order chi connectivity index (χ1) is 17.9. The van der Waals surface area contributed by atoms with E-state index in [-0.39, 0.29) is 12.7 Å². The predicted molar refractivity (Wildman–Crippen MR) is 151 cm³/mol. The summed E-state index contributed by atoms with van der Waals surface area (Å²) in [6.45, 7) is 10.6. The van der Waals surface area contributed by atoms with Crippen molar-refractivity contribution in [2.24, 2.45) is 5.92 Å². The zero-order valence-corrected chi connectivity index (χ0v) is 22.3. The molecule has 0 saturated carbocycles. The maximum Gasteiger partial charge on any atom is 0.130 e. The van der Waals surface area contributed by atoms with E-state index in [0.717, 1.165) is 59.7 Å². The first-order valence-electron chi connectivity index (χ1n) is 12.8. The molecule has 0 aromatic carbocycles. The SMILES string of the molecule is C/C=C(\C=C(/C)Nc1ccc2ncc(/C(C=N)=C/NCC/C=C\N3CC(OCCF)C3)cc2n1)C(C)C. The Labute approximate surface area is 219 Å². The van der Waals surface area contributed by atoms with Crippen molar-refractivity contribution in [3.8, 4) is 0 Å². The van der Waals surface area contributed by atoms with E-state index in [2.05, 4.69) is 65.7 Å². The second-order valence-corrected chi connectivity index (χ2v) is 9.36. The Hall–Kier alpha value is -3.52. The summed E-state index contributed by atoms with van der Waals surface area (Å²) >= 11 is 0. The van der Waals surface area contributed by atoms with Crippen LogP contribution in [0.3, 0.4) is 0 Å². The van der Waals surface area contributed by atoms with Crippen molar-refractivity contribution >= 4 is 28.6 Å². The van der Waals surface area contributed by atoms with Gasteiger partial charge in [-0.15, -0.1) is 0 Å². The van der Waals surface area contributed by atoms with E-state index in [4.69, 9.17) is 15.1 Å². The van der Waals surface area contributed by atoms with Crippen LogP contribution in [-0.2, 0) is 4.74 Å². The van der Waals surface area contributed by atoms with E-state index in [1.54, 1.807) is 6.20 Å². The Morgan fingerprint density at radius 3 is 2.81 bits per heavy atom. The lowest BCUT2D eigenvalue weighted by Gasteiger charge is -2.38. The molecule has 0 radical (unpaired) electrons. The summed E-state index contributed by atoms with van der Waals surface area (Å²) < 4.78 is 17.5. The van der Waals surface area contributed by atoms with Crippen LogP contribution in [0.4, 0.5) is 10.2 Å². The molecule has 3 rings (SSSR count).